The van der Waals surface area contributed by atoms with Crippen molar-refractivity contribution >= 4 is 25.2 Å². The highest BCUT2D eigenvalue weighted by molar-refractivity contribution is 7.96. The molecule has 2 saturated carbocycles. The van der Waals surface area contributed by atoms with Crippen LogP contribution < -0.4 is 0 Å². The Bertz CT molecular complexity index is 175. The molecule has 2 aliphatic carbocycles. The molecule has 0 aliphatic heterocycles. The summed E-state index contributed by atoms with van der Waals surface area (Å²) >= 11 is 5.34. The van der Waals surface area contributed by atoms with Crippen molar-refractivity contribution in [2.24, 2.45) is 0 Å². The van der Waals surface area contributed by atoms with E-state index in [9.17, 15) is 0 Å². The lowest BCUT2D eigenvalue weighted by Gasteiger charge is -2.35. The maximum atomic E-state index is 5.34. The third kappa shape index (κ3) is 3.24. The van der Waals surface area contributed by atoms with E-state index in [1.165, 1.54) is 64.2 Å². The quantitative estimate of drug-likeness (QED) is 0.490. The molecule has 0 saturated heterocycles. The van der Waals surface area contributed by atoms with Crippen LogP contribution in [0.4, 0.5) is 0 Å². The monoisotopic (exact) mass is 242 g/mol. The maximum absolute atomic E-state index is 5.34. The minimum Gasteiger partial charge on any atom is -0.0882 e. The van der Waals surface area contributed by atoms with Gasteiger partial charge in [-0.15, -0.1) is 0 Å². The molecule has 0 atom stereocenters. The van der Waals surface area contributed by atoms with Crippen LogP contribution in [0.5, 0.6) is 0 Å². The van der Waals surface area contributed by atoms with Crippen molar-refractivity contribution in [2.45, 2.75) is 75.5 Å². The summed E-state index contributed by atoms with van der Waals surface area (Å²) in [4.78, 5) is 0. The topological polar surface area (TPSA) is 0 Å². The molecule has 0 N–H and O–H groups in total. The minimum absolute atomic E-state index is 0.0950. The summed E-state index contributed by atoms with van der Waals surface area (Å²) in [5, 5.41) is 2.20. The van der Waals surface area contributed by atoms with Gasteiger partial charge in [0.15, 0.2) is 0 Å². The lowest BCUT2D eigenvalue weighted by atomic mass is 9.99. The minimum atomic E-state index is 0.0950. The van der Waals surface area contributed by atoms with E-state index >= 15 is 0 Å². The first-order valence-corrected chi connectivity index (χ1v) is 8.66. The Hall–Kier alpha value is 0.520. The number of rotatable bonds is 3. The highest BCUT2D eigenvalue weighted by Crippen LogP contribution is 2.53. The molecular formula is C13H23PS. The van der Waals surface area contributed by atoms with Crippen LogP contribution >= 0.6 is 20.1 Å². The van der Waals surface area contributed by atoms with Crippen LogP contribution in [-0.4, -0.2) is 16.4 Å². The first kappa shape index (κ1) is 12.0. The van der Waals surface area contributed by atoms with Gasteiger partial charge in [0, 0.05) is 5.11 Å². The highest BCUT2D eigenvalue weighted by atomic mass is 32.1. The molecule has 0 spiro atoms. The van der Waals surface area contributed by atoms with E-state index in [1.54, 1.807) is 0 Å². The summed E-state index contributed by atoms with van der Waals surface area (Å²) in [5.41, 5.74) is 2.02. The first-order chi connectivity index (χ1) is 7.42. The average Bonchev–Trinajstić information content (AvgIpc) is 2.33. The SMILES string of the molecule is S=CP(C1CCCCC1)C1CCCCC1. The smallest absolute Gasteiger partial charge is 0.00323 e. The zero-order valence-corrected chi connectivity index (χ0v) is 11.4. The standard InChI is InChI=1S/C13H23PS/c15-11-14(12-7-3-1-4-8-12)13-9-5-2-6-10-13/h11-13H,1-10H2. The van der Waals surface area contributed by atoms with Gasteiger partial charge in [0.1, 0.15) is 0 Å². The van der Waals surface area contributed by atoms with Gasteiger partial charge in [-0.3, -0.25) is 0 Å². The molecule has 2 fully saturated rings. The van der Waals surface area contributed by atoms with Crippen molar-refractivity contribution in [3.05, 3.63) is 0 Å². The number of thiocarbonyl (C=S) groups is 1. The van der Waals surface area contributed by atoms with Gasteiger partial charge in [-0.25, -0.2) is 0 Å². The molecule has 0 aromatic rings. The number of hydrogen-bond acceptors (Lipinski definition) is 1. The van der Waals surface area contributed by atoms with Gasteiger partial charge in [-0.1, -0.05) is 58.7 Å². The van der Waals surface area contributed by atoms with Crippen LogP contribution in [0.15, 0.2) is 0 Å². The van der Waals surface area contributed by atoms with Crippen LogP contribution in [0.3, 0.4) is 0 Å². The Morgan fingerprint density at radius 1 is 0.733 bits per heavy atom. The second kappa shape index (κ2) is 6.30. The molecule has 2 heteroatoms. The zero-order chi connectivity index (χ0) is 10.5. The number of hydrogen-bond donors (Lipinski definition) is 0. The molecular weight excluding hydrogens is 219 g/mol. The summed E-state index contributed by atoms with van der Waals surface area (Å²) in [7, 11) is 0.0950. The van der Waals surface area contributed by atoms with Crippen molar-refractivity contribution in [1.29, 1.82) is 0 Å². The fraction of sp³-hybridized carbons (Fsp3) is 0.923. The Labute approximate surface area is 101 Å². The summed E-state index contributed by atoms with van der Waals surface area (Å²) in [5.74, 6) is 0. The summed E-state index contributed by atoms with van der Waals surface area (Å²) in [6, 6.07) is 0. The summed E-state index contributed by atoms with van der Waals surface area (Å²) in [6.45, 7) is 0. The molecule has 15 heavy (non-hydrogen) atoms. The van der Waals surface area contributed by atoms with Gasteiger partial charge in [0.25, 0.3) is 0 Å². The summed E-state index contributed by atoms with van der Waals surface area (Å²) < 4.78 is 0. The molecule has 0 aromatic heterocycles. The van der Waals surface area contributed by atoms with E-state index in [2.05, 4.69) is 5.11 Å². The van der Waals surface area contributed by atoms with E-state index < -0.39 is 0 Å². The fourth-order valence-corrected chi connectivity index (χ4v) is 7.12. The van der Waals surface area contributed by atoms with Crippen LogP contribution in [0.1, 0.15) is 64.2 Å². The maximum Gasteiger partial charge on any atom is 0.00323 e. The zero-order valence-electron chi connectivity index (χ0n) is 9.66. The molecule has 0 aromatic carbocycles. The van der Waals surface area contributed by atoms with E-state index in [0.29, 0.717) is 0 Å². The second-order valence-corrected chi connectivity index (χ2v) is 8.33. The van der Waals surface area contributed by atoms with Crippen molar-refractivity contribution in [3.8, 4) is 0 Å². The molecule has 2 aliphatic rings. The molecule has 0 heterocycles. The molecule has 0 radical (unpaired) electrons. The third-order valence-electron chi connectivity index (χ3n) is 4.11. The van der Waals surface area contributed by atoms with Gasteiger partial charge < -0.3 is 0 Å². The molecule has 0 amide bonds. The van der Waals surface area contributed by atoms with E-state index in [4.69, 9.17) is 12.2 Å². The molecule has 86 valence electrons. The highest BCUT2D eigenvalue weighted by Gasteiger charge is 2.29. The van der Waals surface area contributed by atoms with Crippen LogP contribution in [-0.2, 0) is 0 Å². The van der Waals surface area contributed by atoms with E-state index in [0.717, 1.165) is 11.3 Å². The van der Waals surface area contributed by atoms with Gasteiger partial charge in [0.2, 0.25) is 0 Å². The van der Waals surface area contributed by atoms with Gasteiger partial charge in [0.05, 0.1) is 0 Å². The Balaban J connectivity index is 1.91. The second-order valence-electron chi connectivity index (χ2n) is 5.14. The van der Waals surface area contributed by atoms with Gasteiger partial charge in [-0.05, 0) is 37.0 Å². The Morgan fingerprint density at radius 3 is 1.47 bits per heavy atom. The van der Waals surface area contributed by atoms with Crippen molar-refractivity contribution < 1.29 is 0 Å². The predicted molar refractivity (Wildman–Crippen MR) is 74.3 cm³/mol. The third-order valence-corrected chi connectivity index (χ3v) is 7.81. The largest absolute Gasteiger partial charge is 0.0882 e. The Morgan fingerprint density at radius 2 is 1.13 bits per heavy atom. The first-order valence-electron chi connectivity index (χ1n) is 6.64. The van der Waals surface area contributed by atoms with E-state index in [-0.39, 0.29) is 7.92 Å². The predicted octanol–water partition coefficient (Wildman–Crippen LogP) is 5.09. The van der Waals surface area contributed by atoms with E-state index in [1.807, 2.05) is 0 Å². The fourth-order valence-electron chi connectivity index (χ4n) is 3.23. The van der Waals surface area contributed by atoms with Crippen LogP contribution in [0.25, 0.3) is 0 Å². The average molecular weight is 242 g/mol. The normalized spacial score (nSPS) is 25.7. The lowest BCUT2D eigenvalue weighted by Crippen LogP contribution is -2.20. The van der Waals surface area contributed by atoms with Gasteiger partial charge in [-0.2, -0.15) is 0 Å². The van der Waals surface area contributed by atoms with Crippen LogP contribution in [0, 0.1) is 0 Å². The molecule has 0 bridgehead atoms. The van der Waals surface area contributed by atoms with Crippen molar-refractivity contribution in [3.63, 3.8) is 0 Å². The van der Waals surface area contributed by atoms with Crippen molar-refractivity contribution in [1.82, 2.24) is 0 Å². The molecule has 0 nitrogen and oxygen atoms in total. The lowest BCUT2D eigenvalue weighted by molar-refractivity contribution is 0.488. The summed E-state index contributed by atoms with van der Waals surface area (Å²) in [6.07, 6.45) is 14.8. The van der Waals surface area contributed by atoms with Crippen molar-refractivity contribution in [2.75, 3.05) is 0 Å². The van der Waals surface area contributed by atoms with Gasteiger partial charge >= 0.3 is 0 Å². The Kier molecular flexibility index (Phi) is 5.04. The van der Waals surface area contributed by atoms with Crippen LogP contribution in [0.2, 0.25) is 0 Å². The molecule has 0 unspecified atom stereocenters. The molecule has 2 rings (SSSR count).